The van der Waals surface area contributed by atoms with Crippen molar-refractivity contribution < 1.29 is 9.50 Å². The van der Waals surface area contributed by atoms with Gasteiger partial charge in [0.05, 0.1) is 6.10 Å². The largest absolute Gasteiger partial charge is 0.389 e. The third-order valence-electron chi connectivity index (χ3n) is 2.08. The van der Waals surface area contributed by atoms with Gasteiger partial charge in [-0.25, -0.2) is 4.39 Å². The molecular formula is C11H19FO. The smallest absolute Gasteiger partial charge is 0.118 e. The van der Waals surface area contributed by atoms with Gasteiger partial charge in [0.15, 0.2) is 0 Å². The second-order valence-corrected chi connectivity index (χ2v) is 3.20. The Hall–Kier alpha value is -0.630. The van der Waals surface area contributed by atoms with Crippen LogP contribution in [0.25, 0.3) is 0 Å². The highest BCUT2D eigenvalue weighted by molar-refractivity contribution is 5.04. The molecule has 13 heavy (non-hydrogen) atoms. The minimum absolute atomic E-state index is 0.373. The summed E-state index contributed by atoms with van der Waals surface area (Å²) in [4.78, 5) is 0. The van der Waals surface area contributed by atoms with Crippen LogP contribution in [0.5, 0.6) is 0 Å². The number of hydrogen-bond donors (Lipinski definition) is 1. The van der Waals surface area contributed by atoms with Gasteiger partial charge < -0.3 is 5.11 Å². The predicted molar refractivity (Wildman–Crippen MR) is 54.4 cm³/mol. The molecule has 2 heteroatoms. The zero-order chi connectivity index (χ0) is 10.3. The third kappa shape index (κ3) is 5.58. The van der Waals surface area contributed by atoms with Crippen LogP contribution in [-0.2, 0) is 0 Å². The quantitative estimate of drug-likeness (QED) is 0.632. The molecule has 0 aromatic rings. The minimum atomic E-state index is -0.928. The molecule has 0 rings (SSSR count). The number of aliphatic hydroxyl groups excluding tert-OH is 1. The van der Waals surface area contributed by atoms with Crippen LogP contribution in [0.15, 0.2) is 24.3 Å². The fourth-order valence-corrected chi connectivity index (χ4v) is 1.05. The van der Waals surface area contributed by atoms with Crippen LogP contribution >= 0.6 is 0 Å². The standard InChI is InChI=1S/C11H19FO/c1-4-10(12)8-6-7-9(3)11(13)5-2/h4,7,10-11,13H,1,5-6,8H2,2-3H3/b9-7+. The molecule has 76 valence electrons. The SMILES string of the molecule is C=CC(F)CC/C=C(\C)C(O)CC. The molecule has 0 aliphatic carbocycles. The number of rotatable bonds is 6. The fourth-order valence-electron chi connectivity index (χ4n) is 1.05. The molecule has 1 nitrogen and oxygen atoms in total. The molecular weight excluding hydrogens is 167 g/mol. The number of alkyl halides is 1. The molecule has 0 aliphatic rings. The lowest BCUT2D eigenvalue weighted by Crippen LogP contribution is -2.05. The molecule has 0 aromatic carbocycles. The van der Waals surface area contributed by atoms with Crippen LogP contribution < -0.4 is 0 Å². The molecule has 0 heterocycles. The monoisotopic (exact) mass is 186 g/mol. The van der Waals surface area contributed by atoms with Crippen molar-refractivity contribution in [1.29, 1.82) is 0 Å². The summed E-state index contributed by atoms with van der Waals surface area (Å²) in [5.41, 5.74) is 0.929. The molecule has 0 spiro atoms. The van der Waals surface area contributed by atoms with Gasteiger partial charge >= 0.3 is 0 Å². The Morgan fingerprint density at radius 3 is 2.69 bits per heavy atom. The van der Waals surface area contributed by atoms with Crippen molar-refractivity contribution in [1.82, 2.24) is 0 Å². The molecule has 0 aliphatic heterocycles. The van der Waals surface area contributed by atoms with Crippen LogP contribution in [0.3, 0.4) is 0 Å². The van der Waals surface area contributed by atoms with Crippen molar-refractivity contribution in [3.05, 3.63) is 24.3 Å². The average Bonchev–Trinajstić information content (AvgIpc) is 2.15. The highest BCUT2D eigenvalue weighted by Crippen LogP contribution is 2.09. The number of allylic oxidation sites excluding steroid dienone is 2. The zero-order valence-electron chi connectivity index (χ0n) is 8.46. The minimum Gasteiger partial charge on any atom is -0.389 e. The summed E-state index contributed by atoms with van der Waals surface area (Å²) in [5.74, 6) is 0. The molecule has 2 unspecified atom stereocenters. The second-order valence-electron chi connectivity index (χ2n) is 3.20. The average molecular weight is 186 g/mol. The van der Waals surface area contributed by atoms with Gasteiger partial charge in [0.2, 0.25) is 0 Å². The first-order chi connectivity index (χ1) is 6.11. The molecule has 1 N–H and O–H groups in total. The van der Waals surface area contributed by atoms with Crippen molar-refractivity contribution in [3.63, 3.8) is 0 Å². The fraction of sp³-hybridized carbons (Fsp3) is 0.636. The number of hydrogen-bond acceptors (Lipinski definition) is 1. The van der Waals surface area contributed by atoms with Gasteiger partial charge in [0.1, 0.15) is 6.17 Å². The van der Waals surface area contributed by atoms with E-state index in [1.807, 2.05) is 19.9 Å². The molecule has 0 bridgehead atoms. The van der Waals surface area contributed by atoms with E-state index in [1.165, 1.54) is 6.08 Å². The summed E-state index contributed by atoms with van der Waals surface area (Å²) in [6.45, 7) is 7.16. The first kappa shape index (κ1) is 12.4. The van der Waals surface area contributed by atoms with Crippen molar-refractivity contribution >= 4 is 0 Å². The Bertz CT molecular complexity index is 175. The van der Waals surface area contributed by atoms with Crippen molar-refractivity contribution in [3.8, 4) is 0 Å². The molecule has 0 saturated heterocycles. The lowest BCUT2D eigenvalue weighted by Gasteiger charge is -2.07. The van der Waals surface area contributed by atoms with Crippen molar-refractivity contribution in [2.75, 3.05) is 0 Å². The maximum absolute atomic E-state index is 12.7. The summed E-state index contributed by atoms with van der Waals surface area (Å²) in [6.07, 6.45) is 3.73. The van der Waals surface area contributed by atoms with Crippen LogP contribution in [0.2, 0.25) is 0 Å². The van der Waals surface area contributed by atoms with Crippen LogP contribution in [0.4, 0.5) is 4.39 Å². The Kier molecular flexibility index (Phi) is 6.51. The summed E-state index contributed by atoms with van der Waals surface area (Å²) >= 11 is 0. The van der Waals surface area contributed by atoms with E-state index < -0.39 is 6.17 Å². The van der Waals surface area contributed by atoms with E-state index in [2.05, 4.69) is 6.58 Å². The van der Waals surface area contributed by atoms with E-state index in [4.69, 9.17) is 0 Å². The van der Waals surface area contributed by atoms with E-state index in [0.29, 0.717) is 19.3 Å². The topological polar surface area (TPSA) is 20.2 Å². The van der Waals surface area contributed by atoms with Crippen molar-refractivity contribution in [2.45, 2.75) is 45.4 Å². The molecule has 0 aromatic heterocycles. The molecule has 2 atom stereocenters. The summed E-state index contributed by atoms with van der Waals surface area (Å²) in [7, 11) is 0. The molecule has 0 fully saturated rings. The maximum Gasteiger partial charge on any atom is 0.118 e. The molecule has 0 saturated carbocycles. The summed E-state index contributed by atoms with van der Waals surface area (Å²) < 4.78 is 12.7. The Labute approximate surface area is 80.0 Å². The van der Waals surface area contributed by atoms with Crippen molar-refractivity contribution in [2.24, 2.45) is 0 Å². The lowest BCUT2D eigenvalue weighted by molar-refractivity contribution is 0.206. The maximum atomic E-state index is 12.7. The first-order valence-electron chi connectivity index (χ1n) is 4.73. The van der Waals surface area contributed by atoms with Gasteiger partial charge in [-0.3, -0.25) is 0 Å². The van der Waals surface area contributed by atoms with E-state index in [-0.39, 0.29) is 6.10 Å². The van der Waals surface area contributed by atoms with Crippen LogP contribution in [0, 0.1) is 0 Å². The number of halogens is 1. The van der Waals surface area contributed by atoms with E-state index in [9.17, 15) is 9.50 Å². The van der Waals surface area contributed by atoms with E-state index >= 15 is 0 Å². The Morgan fingerprint density at radius 1 is 1.62 bits per heavy atom. The molecule has 0 radical (unpaired) electrons. The van der Waals surface area contributed by atoms with Crippen LogP contribution in [0.1, 0.15) is 33.1 Å². The van der Waals surface area contributed by atoms with Gasteiger partial charge in [0, 0.05) is 0 Å². The highest BCUT2D eigenvalue weighted by Gasteiger charge is 2.03. The normalized spacial score (nSPS) is 16.8. The predicted octanol–water partition coefficient (Wildman–Crippen LogP) is 3.01. The van der Waals surface area contributed by atoms with Gasteiger partial charge in [-0.05, 0) is 31.8 Å². The molecule has 0 amide bonds. The summed E-state index contributed by atoms with van der Waals surface area (Å²) in [5, 5.41) is 9.37. The first-order valence-corrected chi connectivity index (χ1v) is 4.73. The Balaban J connectivity index is 3.76. The van der Waals surface area contributed by atoms with Gasteiger partial charge in [-0.2, -0.15) is 0 Å². The van der Waals surface area contributed by atoms with E-state index in [0.717, 1.165) is 5.57 Å². The number of aliphatic hydroxyl groups is 1. The van der Waals surface area contributed by atoms with E-state index in [1.54, 1.807) is 0 Å². The van der Waals surface area contributed by atoms with Gasteiger partial charge in [-0.1, -0.05) is 19.1 Å². The zero-order valence-corrected chi connectivity index (χ0v) is 8.46. The van der Waals surface area contributed by atoms with Gasteiger partial charge in [0.25, 0.3) is 0 Å². The highest BCUT2D eigenvalue weighted by atomic mass is 19.1. The van der Waals surface area contributed by atoms with Gasteiger partial charge in [-0.15, -0.1) is 6.58 Å². The van der Waals surface area contributed by atoms with Crippen LogP contribution in [-0.4, -0.2) is 17.4 Å². The third-order valence-corrected chi connectivity index (χ3v) is 2.08. The Morgan fingerprint density at radius 2 is 2.23 bits per heavy atom. The lowest BCUT2D eigenvalue weighted by atomic mass is 10.1. The summed E-state index contributed by atoms with van der Waals surface area (Å²) in [6, 6.07) is 0. The second kappa shape index (κ2) is 6.84.